The molecule has 0 radical (unpaired) electrons. The zero-order valence-electron chi connectivity index (χ0n) is 18.8. The molecule has 2 aromatic carbocycles. The number of amides is 1. The van der Waals surface area contributed by atoms with Crippen molar-refractivity contribution in [2.24, 2.45) is 0 Å². The number of para-hydroxylation sites is 1. The van der Waals surface area contributed by atoms with Crippen LogP contribution in [-0.4, -0.2) is 45.5 Å². The van der Waals surface area contributed by atoms with Crippen LogP contribution in [0.4, 0.5) is 0 Å². The summed E-state index contributed by atoms with van der Waals surface area (Å²) < 4.78 is 6.77. The molecule has 0 bridgehead atoms. The van der Waals surface area contributed by atoms with Crippen LogP contribution in [0.25, 0.3) is 17.1 Å². The van der Waals surface area contributed by atoms with E-state index >= 15 is 0 Å². The van der Waals surface area contributed by atoms with E-state index in [-0.39, 0.29) is 30.2 Å². The van der Waals surface area contributed by atoms with Gasteiger partial charge in [0.2, 0.25) is 5.91 Å². The van der Waals surface area contributed by atoms with Crippen LogP contribution in [-0.2, 0) is 19.7 Å². The van der Waals surface area contributed by atoms with Gasteiger partial charge in [-0.2, -0.15) is 0 Å². The Kier molecular flexibility index (Phi) is 7.69. The van der Waals surface area contributed by atoms with Crippen molar-refractivity contribution < 1.29 is 14.3 Å². The van der Waals surface area contributed by atoms with Gasteiger partial charge in [-0.3, -0.25) is 14.2 Å². The number of nitrogens with zero attached hydrogens (tertiary/aromatic N) is 3. The summed E-state index contributed by atoms with van der Waals surface area (Å²) >= 11 is 1.26. The van der Waals surface area contributed by atoms with Crippen molar-refractivity contribution in [2.75, 3.05) is 18.9 Å². The van der Waals surface area contributed by atoms with E-state index in [0.29, 0.717) is 11.0 Å². The van der Waals surface area contributed by atoms with Crippen molar-refractivity contribution >= 4 is 23.6 Å². The lowest BCUT2D eigenvalue weighted by Crippen LogP contribution is -2.31. The summed E-state index contributed by atoms with van der Waals surface area (Å²) in [5, 5.41) is 11.9. The SMILES string of the molecule is CCOC(=O)CNC(=O)CSc1nnc(-c2ccc(C(C)(C)C)cc2)n1-c1ccccc1. The predicted octanol–water partition coefficient (Wildman–Crippen LogP) is 4.00. The van der Waals surface area contributed by atoms with Crippen LogP contribution in [0.2, 0.25) is 0 Å². The number of nitrogens with one attached hydrogen (secondary N) is 1. The zero-order valence-corrected chi connectivity index (χ0v) is 19.6. The standard InChI is InChI=1S/C24H28N4O3S/c1-5-31-21(30)15-25-20(29)16-32-23-27-26-22(28(23)19-9-7-6-8-10-19)17-11-13-18(14-12-17)24(2,3)4/h6-14H,5,15-16H2,1-4H3,(H,25,29). The molecule has 0 spiro atoms. The highest BCUT2D eigenvalue weighted by Gasteiger charge is 2.19. The molecule has 1 aromatic heterocycles. The first-order chi connectivity index (χ1) is 15.3. The van der Waals surface area contributed by atoms with Gasteiger partial charge >= 0.3 is 5.97 Å². The number of benzene rings is 2. The molecular formula is C24H28N4O3S. The molecule has 0 aliphatic heterocycles. The summed E-state index contributed by atoms with van der Waals surface area (Å²) in [7, 11) is 0. The average molecular weight is 453 g/mol. The lowest BCUT2D eigenvalue weighted by atomic mass is 9.87. The van der Waals surface area contributed by atoms with Crippen molar-refractivity contribution in [1.29, 1.82) is 0 Å². The minimum atomic E-state index is -0.459. The van der Waals surface area contributed by atoms with Gasteiger partial charge in [-0.05, 0) is 30.0 Å². The van der Waals surface area contributed by atoms with E-state index in [4.69, 9.17) is 4.74 Å². The van der Waals surface area contributed by atoms with Crippen LogP contribution in [0.1, 0.15) is 33.3 Å². The van der Waals surface area contributed by atoms with Crippen LogP contribution < -0.4 is 5.32 Å². The maximum atomic E-state index is 12.2. The van der Waals surface area contributed by atoms with Crippen molar-refractivity contribution in [2.45, 2.75) is 38.3 Å². The molecule has 3 aromatic rings. The fourth-order valence-corrected chi connectivity index (χ4v) is 3.83. The van der Waals surface area contributed by atoms with E-state index in [1.807, 2.05) is 47.0 Å². The molecule has 1 N–H and O–H groups in total. The van der Waals surface area contributed by atoms with Crippen LogP contribution in [0, 0.1) is 0 Å². The molecule has 0 saturated heterocycles. The lowest BCUT2D eigenvalue weighted by Gasteiger charge is -2.19. The summed E-state index contributed by atoms with van der Waals surface area (Å²) in [6.07, 6.45) is 0. The van der Waals surface area contributed by atoms with E-state index in [0.717, 1.165) is 11.3 Å². The third-order valence-corrected chi connectivity index (χ3v) is 5.65. The topological polar surface area (TPSA) is 86.1 Å². The number of carbonyl (C=O) groups excluding carboxylic acids is 2. The number of carbonyl (C=O) groups is 2. The number of ether oxygens (including phenoxy) is 1. The monoisotopic (exact) mass is 452 g/mol. The molecule has 3 rings (SSSR count). The van der Waals surface area contributed by atoms with E-state index in [1.54, 1.807) is 6.92 Å². The Labute approximate surface area is 192 Å². The number of rotatable bonds is 8. The predicted molar refractivity (Wildman–Crippen MR) is 126 cm³/mol. The average Bonchev–Trinajstić information content (AvgIpc) is 3.20. The summed E-state index contributed by atoms with van der Waals surface area (Å²) in [6.45, 7) is 8.38. The van der Waals surface area contributed by atoms with Crippen molar-refractivity contribution in [3.63, 3.8) is 0 Å². The third-order valence-electron chi connectivity index (χ3n) is 4.72. The Morgan fingerprint density at radius 2 is 1.72 bits per heavy atom. The minimum absolute atomic E-state index is 0.0591. The van der Waals surface area contributed by atoms with Crippen molar-refractivity contribution in [3.05, 3.63) is 60.2 Å². The molecular weight excluding hydrogens is 424 g/mol. The maximum Gasteiger partial charge on any atom is 0.325 e. The first-order valence-corrected chi connectivity index (χ1v) is 11.4. The normalized spacial score (nSPS) is 11.2. The smallest absolute Gasteiger partial charge is 0.325 e. The van der Waals surface area contributed by atoms with Gasteiger partial charge in [-0.1, -0.05) is 75.0 Å². The molecule has 0 aliphatic rings. The van der Waals surface area contributed by atoms with Crippen LogP contribution >= 0.6 is 11.8 Å². The molecule has 1 amide bonds. The first-order valence-electron chi connectivity index (χ1n) is 10.5. The summed E-state index contributed by atoms with van der Waals surface area (Å²) in [4.78, 5) is 23.6. The number of esters is 1. The second-order valence-corrected chi connectivity index (χ2v) is 9.12. The van der Waals surface area contributed by atoms with Crippen molar-refractivity contribution in [3.8, 4) is 17.1 Å². The molecule has 32 heavy (non-hydrogen) atoms. The summed E-state index contributed by atoms with van der Waals surface area (Å²) in [5.74, 6) is 0.0694. The Bertz CT molecular complexity index is 1060. The lowest BCUT2D eigenvalue weighted by molar-refractivity contribution is -0.143. The van der Waals surface area contributed by atoms with Gasteiger partial charge in [0, 0.05) is 11.3 Å². The number of hydrogen-bond acceptors (Lipinski definition) is 6. The third kappa shape index (κ3) is 5.97. The molecule has 168 valence electrons. The van der Waals surface area contributed by atoms with Gasteiger partial charge in [-0.15, -0.1) is 10.2 Å². The second-order valence-electron chi connectivity index (χ2n) is 8.17. The Morgan fingerprint density at radius 1 is 1.03 bits per heavy atom. The summed E-state index contributed by atoms with van der Waals surface area (Å²) in [5.41, 5.74) is 3.14. The van der Waals surface area contributed by atoms with Crippen LogP contribution in [0.15, 0.2) is 59.8 Å². The van der Waals surface area contributed by atoms with Crippen LogP contribution in [0.5, 0.6) is 0 Å². The molecule has 1 heterocycles. The van der Waals surface area contributed by atoms with E-state index in [2.05, 4.69) is 48.4 Å². The van der Waals surface area contributed by atoms with Crippen LogP contribution in [0.3, 0.4) is 0 Å². The Hall–Kier alpha value is -3.13. The molecule has 0 atom stereocenters. The zero-order chi connectivity index (χ0) is 23.1. The summed E-state index contributed by atoms with van der Waals surface area (Å²) in [6, 6.07) is 18.1. The Balaban J connectivity index is 1.83. The van der Waals surface area contributed by atoms with E-state index in [9.17, 15) is 9.59 Å². The van der Waals surface area contributed by atoms with Gasteiger partial charge < -0.3 is 10.1 Å². The van der Waals surface area contributed by atoms with Crippen molar-refractivity contribution in [1.82, 2.24) is 20.1 Å². The quantitative estimate of drug-likeness (QED) is 0.411. The fourth-order valence-electron chi connectivity index (χ4n) is 3.04. The van der Waals surface area contributed by atoms with Gasteiger partial charge in [0.1, 0.15) is 6.54 Å². The minimum Gasteiger partial charge on any atom is -0.465 e. The van der Waals surface area contributed by atoms with Gasteiger partial charge in [-0.25, -0.2) is 0 Å². The molecule has 0 fully saturated rings. The van der Waals surface area contributed by atoms with E-state index in [1.165, 1.54) is 17.3 Å². The number of aromatic nitrogens is 3. The highest BCUT2D eigenvalue weighted by atomic mass is 32.2. The van der Waals surface area contributed by atoms with Gasteiger partial charge in [0.25, 0.3) is 0 Å². The number of hydrogen-bond donors (Lipinski definition) is 1. The molecule has 8 heteroatoms. The Morgan fingerprint density at radius 3 is 2.34 bits per heavy atom. The fraction of sp³-hybridized carbons (Fsp3) is 0.333. The molecule has 7 nitrogen and oxygen atoms in total. The van der Waals surface area contributed by atoms with Gasteiger partial charge in [0.15, 0.2) is 11.0 Å². The highest BCUT2D eigenvalue weighted by molar-refractivity contribution is 7.99. The van der Waals surface area contributed by atoms with E-state index < -0.39 is 5.97 Å². The number of thioether (sulfide) groups is 1. The second kappa shape index (κ2) is 10.5. The molecule has 0 saturated carbocycles. The largest absolute Gasteiger partial charge is 0.465 e. The molecule has 0 aliphatic carbocycles. The maximum absolute atomic E-state index is 12.2. The molecule has 0 unspecified atom stereocenters. The first kappa shape index (κ1) is 23.5. The highest BCUT2D eigenvalue weighted by Crippen LogP contribution is 2.30. The van der Waals surface area contributed by atoms with Gasteiger partial charge in [0.05, 0.1) is 12.4 Å².